The quantitative estimate of drug-likeness (QED) is 0.899. The summed E-state index contributed by atoms with van der Waals surface area (Å²) in [4.78, 5) is 11.0. The summed E-state index contributed by atoms with van der Waals surface area (Å²) in [6.45, 7) is 0.308. The lowest BCUT2D eigenvalue weighted by Crippen LogP contribution is -2.10. The standard InChI is InChI=1S/C14H12FNO2/c15-12-6-4-10(5-7-12)9-18-13-3-1-2-11(8-13)14(16)17/h1-8H,9H2,(H2,16,17). The van der Waals surface area contributed by atoms with Crippen LogP contribution in [-0.2, 0) is 6.61 Å². The summed E-state index contributed by atoms with van der Waals surface area (Å²) < 4.78 is 18.2. The second kappa shape index (κ2) is 5.31. The molecule has 4 heteroatoms. The molecule has 18 heavy (non-hydrogen) atoms. The summed E-state index contributed by atoms with van der Waals surface area (Å²) in [5.41, 5.74) is 6.41. The van der Waals surface area contributed by atoms with E-state index in [0.29, 0.717) is 17.9 Å². The Bertz CT molecular complexity index is 552. The number of hydrogen-bond acceptors (Lipinski definition) is 2. The Morgan fingerprint density at radius 1 is 1.17 bits per heavy atom. The van der Waals surface area contributed by atoms with Crippen LogP contribution in [0.1, 0.15) is 15.9 Å². The van der Waals surface area contributed by atoms with Crippen LogP contribution in [0.25, 0.3) is 0 Å². The minimum Gasteiger partial charge on any atom is -0.489 e. The van der Waals surface area contributed by atoms with Gasteiger partial charge in [0.2, 0.25) is 5.91 Å². The largest absolute Gasteiger partial charge is 0.489 e. The number of primary amides is 1. The van der Waals surface area contributed by atoms with Crippen LogP contribution in [0.15, 0.2) is 48.5 Å². The molecule has 92 valence electrons. The Kier molecular flexibility index (Phi) is 3.57. The maximum absolute atomic E-state index is 12.7. The lowest BCUT2D eigenvalue weighted by atomic mass is 10.2. The number of hydrogen-bond donors (Lipinski definition) is 1. The first-order valence-corrected chi connectivity index (χ1v) is 5.42. The second-order valence-corrected chi connectivity index (χ2v) is 3.81. The first kappa shape index (κ1) is 12.1. The summed E-state index contributed by atoms with van der Waals surface area (Å²) in [6.07, 6.45) is 0. The number of rotatable bonds is 4. The number of benzene rings is 2. The molecule has 0 spiro atoms. The van der Waals surface area contributed by atoms with Gasteiger partial charge in [-0.05, 0) is 35.9 Å². The van der Waals surface area contributed by atoms with Gasteiger partial charge in [-0.25, -0.2) is 4.39 Å². The minimum absolute atomic E-state index is 0.283. The van der Waals surface area contributed by atoms with E-state index in [2.05, 4.69) is 0 Å². The molecule has 0 aliphatic rings. The van der Waals surface area contributed by atoms with Gasteiger partial charge in [0.1, 0.15) is 18.2 Å². The van der Waals surface area contributed by atoms with Gasteiger partial charge in [-0.1, -0.05) is 18.2 Å². The van der Waals surface area contributed by atoms with Crippen LogP contribution in [0.3, 0.4) is 0 Å². The molecule has 1 amide bonds. The van der Waals surface area contributed by atoms with Crippen molar-refractivity contribution in [3.63, 3.8) is 0 Å². The fourth-order valence-corrected chi connectivity index (χ4v) is 1.49. The van der Waals surface area contributed by atoms with Crippen molar-refractivity contribution in [3.05, 3.63) is 65.5 Å². The highest BCUT2D eigenvalue weighted by Gasteiger charge is 2.02. The van der Waals surface area contributed by atoms with Gasteiger partial charge in [-0.15, -0.1) is 0 Å². The molecule has 2 rings (SSSR count). The highest BCUT2D eigenvalue weighted by Crippen LogP contribution is 2.15. The van der Waals surface area contributed by atoms with Crippen LogP contribution in [-0.4, -0.2) is 5.91 Å². The first-order valence-electron chi connectivity index (χ1n) is 5.42. The molecule has 0 bridgehead atoms. The molecule has 0 atom stereocenters. The minimum atomic E-state index is -0.498. The molecule has 2 aromatic carbocycles. The van der Waals surface area contributed by atoms with Crippen molar-refractivity contribution in [3.8, 4) is 5.75 Å². The van der Waals surface area contributed by atoms with Crippen LogP contribution >= 0.6 is 0 Å². The van der Waals surface area contributed by atoms with E-state index in [9.17, 15) is 9.18 Å². The first-order chi connectivity index (χ1) is 8.65. The van der Waals surface area contributed by atoms with Crippen LogP contribution < -0.4 is 10.5 Å². The maximum Gasteiger partial charge on any atom is 0.248 e. The number of carbonyl (C=O) groups is 1. The van der Waals surface area contributed by atoms with E-state index in [4.69, 9.17) is 10.5 Å². The Hall–Kier alpha value is -2.36. The highest BCUT2D eigenvalue weighted by atomic mass is 19.1. The fourth-order valence-electron chi connectivity index (χ4n) is 1.49. The summed E-state index contributed by atoms with van der Waals surface area (Å²) in [5.74, 6) is -0.229. The van der Waals surface area contributed by atoms with Gasteiger partial charge >= 0.3 is 0 Å². The van der Waals surface area contributed by atoms with Crippen molar-refractivity contribution in [2.75, 3.05) is 0 Å². The number of nitrogens with two attached hydrogens (primary N) is 1. The smallest absolute Gasteiger partial charge is 0.248 e. The van der Waals surface area contributed by atoms with Crippen LogP contribution in [0.4, 0.5) is 4.39 Å². The van der Waals surface area contributed by atoms with Crippen LogP contribution in [0.5, 0.6) is 5.75 Å². The van der Waals surface area contributed by atoms with Crippen LogP contribution in [0, 0.1) is 5.82 Å². The van der Waals surface area contributed by atoms with E-state index in [1.807, 2.05) is 0 Å². The number of amides is 1. The van der Waals surface area contributed by atoms with Gasteiger partial charge in [0.25, 0.3) is 0 Å². The topological polar surface area (TPSA) is 52.3 Å². The Balaban J connectivity index is 2.04. The van der Waals surface area contributed by atoms with Gasteiger partial charge in [0.05, 0.1) is 0 Å². The molecule has 0 heterocycles. The predicted octanol–water partition coefficient (Wildman–Crippen LogP) is 2.50. The molecule has 3 nitrogen and oxygen atoms in total. The average molecular weight is 245 g/mol. The van der Waals surface area contributed by atoms with E-state index in [-0.39, 0.29) is 5.82 Å². The third-order valence-corrected chi connectivity index (χ3v) is 2.44. The van der Waals surface area contributed by atoms with E-state index in [1.165, 1.54) is 12.1 Å². The summed E-state index contributed by atoms with van der Waals surface area (Å²) >= 11 is 0. The van der Waals surface area contributed by atoms with Crippen LogP contribution in [0.2, 0.25) is 0 Å². The lowest BCUT2D eigenvalue weighted by Gasteiger charge is -2.07. The zero-order chi connectivity index (χ0) is 13.0. The fraction of sp³-hybridized carbons (Fsp3) is 0.0714. The molecule has 2 aromatic rings. The maximum atomic E-state index is 12.7. The van der Waals surface area contributed by atoms with Gasteiger partial charge in [0, 0.05) is 5.56 Å². The third-order valence-electron chi connectivity index (χ3n) is 2.44. The number of halogens is 1. The van der Waals surface area contributed by atoms with Crippen molar-refractivity contribution in [1.82, 2.24) is 0 Å². The Morgan fingerprint density at radius 2 is 1.89 bits per heavy atom. The van der Waals surface area contributed by atoms with Gasteiger partial charge in [0.15, 0.2) is 0 Å². The van der Waals surface area contributed by atoms with Crippen molar-refractivity contribution in [2.24, 2.45) is 5.73 Å². The molecule has 0 aliphatic carbocycles. The molecule has 2 N–H and O–H groups in total. The molecule has 0 radical (unpaired) electrons. The molecule has 0 aromatic heterocycles. The van der Waals surface area contributed by atoms with E-state index in [0.717, 1.165) is 5.56 Å². The Morgan fingerprint density at radius 3 is 2.56 bits per heavy atom. The number of carbonyl (C=O) groups excluding carboxylic acids is 1. The van der Waals surface area contributed by atoms with Crippen molar-refractivity contribution in [2.45, 2.75) is 6.61 Å². The molecule has 0 saturated heterocycles. The predicted molar refractivity (Wildman–Crippen MR) is 65.7 cm³/mol. The summed E-state index contributed by atoms with van der Waals surface area (Å²) in [5, 5.41) is 0. The zero-order valence-corrected chi connectivity index (χ0v) is 9.60. The molecular weight excluding hydrogens is 233 g/mol. The van der Waals surface area contributed by atoms with Gasteiger partial charge in [-0.2, -0.15) is 0 Å². The number of ether oxygens (including phenoxy) is 1. The molecule has 0 saturated carbocycles. The van der Waals surface area contributed by atoms with Gasteiger partial charge in [-0.3, -0.25) is 4.79 Å². The summed E-state index contributed by atoms with van der Waals surface area (Å²) in [6, 6.07) is 12.7. The highest BCUT2D eigenvalue weighted by molar-refractivity contribution is 5.93. The van der Waals surface area contributed by atoms with Crippen molar-refractivity contribution < 1.29 is 13.9 Å². The van der Waals surface area contributed by atoms with Gasteiger partial charge < -0.3 is 10.5 Å². The van der Waals surface area contributed by atoms with E-state index in [1.54, 1.807) is 36.4 Å². The molecule has 0 aliphatic heterocycles. The molecule has 0 fully saturated rings. The SMILES string of the molecule is NC(=O)c1cccc(OCc2ccc(F)cc2)c1. The second-order valence-electron chi connectivity index (χ2n) is 3.81. The third kappa shape index (κ3) is 3.07. The Labute approximate surface area is 104 Å². The molecular formula is C14H12FNO2. The van der Waals surface area contributed by atoms with E-state index < -0.39 is 5.91 Å². The summed E-state index contributed by atoms with van der Waals surface area (Å²) in [7, 11) is 0. The average Bonchev–Trinajstić information content (AvgIpc) is 2.38. The monoisotopic (exact) mass is 245 g/mol. The van der Waals surface area contributed by atoms with Crippen molar-refractivity contribution >= 4 is 5.91 Å². The van der Waals surface area contributed by atoms with Crippen molar-refractivity contribution in [1.29, 1.82) is 0 Å². The molecule has 0 unspecified atom stereocenters. The zero-order valence-electron chi connectivity index (χ0n) is 9.60. The normalized spacial score (nSPS) is 10.1. The van der Waals surface area contributed by atoms with E-state index >= 15 is 0 Å². The lowest BCUT2D eigenvalue weighted by molar-refractivity contribution is 0.1000.